The first kappa shape index (κ1) is 12.0. The van der Waals surface area contributed by atoms with Crippen LogP contribution in [0.15, 0.2) is 54.9 Å². The molecule has 1 heterocycles. The van der Waals surface area contributed by atoms with Crippen molar-refractivity contribution >= 4 is 5.78 Å². The molecule has 88 valence electrons. The van der Waals surface area contributed by atoms with Crippen molar-refractivity contribution in [1.29, 1.82) is 5.26 Å². The van der Waals surface area contributed by atoms with Crippen LogP contribution in [0.5, 0.6) is 0 Å². The molecule has 0 amide bonds. The third-order valence-corrected chi connectivity index (χ3v) is 2.78. The average Bonchev–Trinajstić information content (AvgIpc) is 2.46. The van der Waals surface area contributed by atoms with E-state index in [1.54, 1.807) is 24.5 Å². The van der Waals surface area contributed by atoms with Gasteiger partial charge in [-0.15, -0.1) is 0 Å². The lowest BCUT2D eigenvalue weighted by Crippen LogP contribution is -2.12. The monoisotopic (exact) mass is 236 g/mol. The number of Topliss-reactive ketones (excluding diaryl/α,β-unsaturated/α-hetero) is 1. The second-order valence-corrected chi connectivity index (χ2v) is 3.93. The summed E-state index contributed by atoms with van der Waals surface area (Å²) in [5.74, 6) is -0.441. The van der Waals surface area contributed by atoms with Crippen LogP contribution >= 0.6 is 0 Å². The molecular formula is C15H12N2O. The molecule has 0 fully saturated rings. The summed E-state index contributed by atoms with van der Waals surface area (Å²) in [5, 5.41) is 8.88. The molecule has 0 aliphatic heterocycles. The van der Waals surface area contributed by atoms with Gasteiger partial charge in [-0.3, -0.25) is 9.78 Å². The summed E-state index contributed by atoms with van der Waals surface area (Å²) in [5.41, 5.74) is 1.47. The molecule has 0 saturated carbocycles. The van der Waals surface area contributed by atoms with E-state index >= 15 is 0 Å². The highest BCUT2D eigenvalue weighted by atomic mass is 16.1. The molecule has 18 heavy (non-hydrogen) atoms. The average molecular weight is 236 g/mol. The molecular weight excluding hydrogens is 224 g/mol. The number of rotatable bonds is 4. The second-order valence-electron chi connectivity index (χ2n) is 3.93. The Bertz CT molecular complexity index is 558. The maximum atomic E-state index is 12.4. The molecule has 1 aromatic carbocycles. The van der Waals surface area contributed by atoms with Crippen LogP contribution in [0.3, 0.4) is 0 Å². The fraction of sp³-hybridized carbons (Fsp3) is 0.133. The van der Waals surface area contributed by atoms with Crippen LogP contribution in [-0.4, -0.2) is 10.8 Å². The first-order valence-electron chi connectivity index (χ1n) is 5.69. The largest absolute Gasteiger partial charge is 0.293 e. The number of aromatic nitrogens is 1. The van der Waals surface area contributed by atoms with Gasteiger partial charge >= 0.3 is 0 Å². The molecule has 0 spiro atoms. The number of benzene rings is 1. The van der Waals surface area contributed by atoms with Gasteiger partial charge in [-0.05, 0) is 17.7 Å². The molecule has 0 saturated heterocycles. The van der Waals surface area contributed by atoms with E-state index in [0.717, 1.165) is 5.56 Å². The third-order valence-electron chi connectivity index (χ3n) is 2.78. The molecule has 2 rings (SSSR count). The molecule has 0 bridgehead atoms. The van der Waals surface area contributed by atoms with Crippen molar-refractivity contribution in [2.75, 3.05) is 0 Å². The molecule has 0 N–H and O–H groups in total. The maximum absolute atomic E-state index is 12.4. The fourth-order valence-electron chi connectivity index (χ4n) is 1.86. The van der Waals surface area contributed by atoms with E-state index in [9.17, 15) is 4.79 Å². The second kappa shape index (κ2) is 5.74. The quantitative estimate of drug-likeness (QED) is 0.767. The Balaban J connectivity index is 2.32. The molecule has 3 nitrogen and oxygen atoms in total. The van der Waals surface area contributed by atoms with Crippen LogP contribution in [0.2, 0.25) is 0 Å². The summed E-state index contributed by atoms with van der Waals surface area (Å²) >= 11 is 0. The van der Waals surface area contributed by atoms with E-state index in [1.807, 2.05) is 30.3 Å². The number of pyridine rings is 1. The normalized spacial score (nSPS) is 11.5. The van der Waals surface area contributed by atoms with Crippen molar-refractivity contribution in [2.24, 2.45) is 0 Å². The van der Waals surface area contributed by atoms with E-state index in [1.165, 1.54) is 0 Å². The molecule has 0 aliphatic rings. The van der Waals surface area contributed by atoms with Crippen molar-refractivity contribution in [1.82, 2.24) is 4.98 Å². The van der Waals surface area contributed by atoms with Crippen LogP contribution in [0.25, 0.3) is 0 Å². The molecule has 1 unspecified atom stereocenters. The van der Waals surface area contributed by atoms with Gasteiger partial charge in [-0.25, -0.2) is 0 Å². The van der Waals surface area contributed by atoms with Crippen LogP contribution in [-0.2, 0) is 0 Å². The highest BCUT2D eigenvalue weighted by Crippen LogP contribution is 2.23. The molecule has 3 heteroatoms. The first-order valence-corrected chi connectivity index (χ1v) is 5.69. The van der Waals surface area contributed by atoms with E-state index in [-0.39, 0.29) is 12.2 Å². The van der Waals surface area contributed by atoms with Crippen LogP contribution < -0.4 is 0 Å². The highest BCUT2D eigenvalue weighted by Gasteiger charge is 2.21. The Labute approximate surface area is 106 Å². The van der Waals surface area contributed by atoms with Crippen LogP contribution in [0.1, 0.15) is 28.3 Å². The molecule has 1 aromatic heterocycles. The predicted octanol–water partition coefficient (Wildman–Crippen LogP) is 2.96. The minimum Gasteiger partial charge on any atom is -0.293 e. The van der Waals surface area contributed by atoms with E-state index in [0.29, 0.717) is 5.56 Å². The van der Waals surface area contributed by atoms with E-state index in [4.69, 9.17) is 5.26 Å². The van der Waals surface area contributed by atoms with Crippen molar-refractivity contribution < 1.29 is 4.79 Å². The zero-order valence-electron chi connectivity index (χ0n) is 9.78. The molecule has 0 radical (unpaired) electrons. The summed E-state index contributed by atoms with van der Waals surface area (Å²) in [6, 6.07) is 14.8. The standard InChI is InChI=1S/C15H12N2O/c16-9-6-14(12-4-2-1-3-5-12)15(18)13-7-10-17-11-8-13/h1-5,7-8,10-11,14H,6H2. The summed E-state index contributed by atoms with van der Waals surface area (Å²) in [6.07, 6.45) is 3.36. The Morgan fingerprint density at radius 1 is 1.17 bits per heavy atom. The minimum atomic E-state index is -0.404. The van der Waals surface area contributed by atoms with Crippen molar-refractivity contribution in [3.8, 4) is 6.07 Å². The lowest BCUT2D eigenvalue weighted by Gasteiger charge is -2.12. The Kier molecular flexibility index (Phi) is 3.83. The molecule has 0 aliphatic carbocycles. The van der Waals surface area contributed by atoms with Gasteiger partial charge in [-0.1, -0.05) is 30.3 Å². The number of carbonyl (C=O) groups is 1. The molecule has 1 atom stereocenters. The van der Waals surface area contributed by atoms with Gasteiger partial charge in [0.2, 0.25) is 0 Å². The first-order chi connectivity index (χ1) is 8.83. The number of carbonyl (C=O) groups excluding carboxylic acids is 1. The number of nitriles is 1. The summed E-state index contributed by atoms with van der Waals surface area (Å²) in [4.78, 5) is 16.2. The fourth-order valence-corrected chi connectivity index (χ4v) is 1.86. The van der Waals surface area contributed by atoms with Crippen molar-refractivity contribution in [2.45, 2.75) is 12.3 Å². The lowest BCUT2D eigenvalue weighted by atomic mass is 9.89. The summed E-state index contributed by atoms with van der Waals surface area (Å²) in [6.45, 7) is 0. The minimum absolute atomic E-state index is 0.0369. The van der Waals surface area contributed by atoms with Crippen molar-refractivity contribution in [3.05, 3.63) is 66.0 Å². The zero-order valence-corrected chi connectivity index (χ0v) is 9.78. The topological polar surface area (TPSA) is 53.8 Å². The maximum Gasteiger partial charge on any atom is 0.171 e. The summed E-state index contributed by atoms with van der Waals surface area (Å²) in [7, 11) is 0. The van der Waals surface area contributed by atoms with Crippen LogP contribution in [0, 0.1) is 11.3 Å². The Morgan fingerprint density at radius 3 is 2.44 bits per heavy atom. The van der Waals surface area contributed by atoms with Gasteiger partial charge in [0.1, 0.15) is 0 Å². The zero-order chi connectivity index (χ0) is 12.8. The number of hydrogen-bond acceptors (Lipinski definition) is 3. The number of ketones is 1. The van der Waals surface area contributed by atoms with E-state index < -0.39 is 5.92 Å². The van der Waals surface area contributed by atoms with Gasteiger partial charge in [0.25, 0.3) is 0 Å². The predicted molar refractivity (Wildman–Crippen MR) is 68.0 cm³/mol. The van der Waals surface area contributed by atoms with Gasteiger partial charge in [0.15, 0.2) is 5.78 Å². The van der Waals surface area contributed by atoms with Gasteiger partial charge < -0.3 is 0 Å². The SMILES string of the molecule is N#CCC(C(=O)c1ccncc1)c1ccccc1. The Morgan fingerprint density at radius 2 is 1.83 bits per heavy atom. The lowest BCUT2D eigenvalue weighted by molar-refractivity contribution is 0.0960. The number of nitrogens with zero attached hydrogens (tertiary/aromatic N) is 2. The van der Waals surface area contributed by atoms with Gasteiger partial charge in [0.05, 0.1) is 12.0 Å². The van der Waals surface area contributed by atoms with Crippen LogP contribution in [0.4, 0.5) is 0 Å². The van der Waals surface area contributed by atoms with Gasteiger partial charge in [0, 0.05) is 24.4 Å². The Hall–Kier alpha value is -2.47. The smallest absolute Gasteiger partial charge is 0.171 e. The van der Waals surface area contributed by atoms with Crippen molar-refractivity contribution in [3.63, 3.8) is 0 Å². The summed E-state index contributed by atoms with van der Waals surface area (Å²) < 4.78 is 0. The molecule has 2 aromatic rings. The highest BCUT2D eigenvalue weighted by molar-refractivity contribution is 6.01. The van der Waals surface area contributed by atoms with E-state index in [2.05, 4.69) is 11.1 Å². The van der Waals surface area contributed by atoms with Gasteiger partial charge in [-0.2, -0.15) is 5.26 Å². The third kappa shape index (κ3) is 2.61. The number of hydrogen-bond donors (Lipinski definition) is 0.